The highest BCUT2D eigenvalue weighted by Gasteiger charge is 2.23. The van der Waals surface area contributed by atoms with Crippen LogP contribution in [0.15, 0.2) is 218 Å². The van der Waals surface area contributed by atoms with Gasteiger partial charge < -0.3 is 14.7 Å². The van der Waals surface area contributed by atoms with Gasteiger partial charge in [0, 0.05) is 50.9 Å². The third-order valence-corrected chi connectivity index (χ3v) is 13.2. The van der Waals surface area contributed by atoms with Gasteiger partial charge in [0.05, 0.1) is 5.69 Å². The van der Waals surface area contributed by atoms with Crippen molar-refractivity contribution in [3.63, 3.8) is 0 Å². The van der Waals surface area contributed by atoms with Crippen molar-refractivity contribution in [1.29, 1.82) is 0 Å². The summed E-state index contributed by atoms with van der Waals surface area (Å²) in [5.41, 5.74) is 17.0. The van der Waals surface area contributed by atoms with E-state index in [1.165, 1.54) is 70.9 Å². The molecule has 0 aliphatic rings. The van der Waals surface area contributed by atoms with E-state index in [4.69, 9.17) is 0 Å². The number of hydrogen-bond donors (Lipinski definition) is 0. The summed E-state index contributed by atoms with van der Waals surface area (Å²) in [6, 6.07) is 67.0. The van der Waals surface area contributed by atoms with Crippen molar-refractivity contribution in [2.75, 3.05) is 14.7 Å². The Kier molecular flexibility index (Phi) is 11.0. The molecule has 0 spiro atoms. The standard InChI is InChI=1S/C63H55N3/c1-9-59(65(49-27-19-41(2)20-28-49)50-29-21-42(3)22-30-50)45(6)39-47(8)64(53-35-37-60(46(7)40-53)66(51-31-23-43(4)24-32-51)52-33-25-44(5)26-34-52)61-38-36-57-55-16-11-14-48-13-10-15-54(62(48)55)56-17-12-18-58(61)63(56)57/h9-40H,1H2,2-8H3/b47-39+,59-45+. The molecule has 0 aromatic heterocycles. The molecule has 3 heteroatoms. The van der Waals surface area contributed by atoms with Crippen molar-refractivity contribution >= 4 is 82.9 Å². The van der Waals surface area contributed by atoms with E-state index in [-0.39, 0.29) is 0 Å². The number of anilines is 7. The van der Waals surface area contributed by atoms with Crippen LogP contribution < -0.4 is 14.7 Å². The Morgan fingerprint density at radius 3 is 1.33 bits per heavy atom. The van der Waals surface area contributed by atoms with Crippen molar-refractivity contribution in [3.8, 4) is 0 Å². The zero-order valence-corrected chi connectivity index (χ0v) is 39.0. The predicted molar refractivity (Wildman–Crippen MR) is 286 cm³/mol. The Balaban J connectivity index is 1.19. The normalized spacial score (nSPS) is 12.3. The Labute approximate surface area is 389 Å². The number of hydrogen-bond acceptors (Lipinski definition) is 3. The van der Waals surface area contributed by atoms with Crippen molar-refractivity contribution in [1.82, 2.24) is 0 Å². The average molecular weight is 854 g/mol. The number of benzene rings is 10. The van der Waals surface area contributed by atoms with Gasteiger partial charge in [-0.05, 0) is 182 Å². The van der Waals surface area contributed by atoms with Crippen LogP contribution in [-0.4, -0.2) is 0 Å². The van der Waals surface area contributed by atoms with E-state index in [0.717, 1.165) is 56.8 Å². The van der Waals surface area contributed by atoms with Crippen LogP contribution in [0.3, 0.4) is 0 Å². The van der Waals surface area contributed by atoms with E-state index in [2.05, 4.69) is 258 Å². The second kappa shape index (κ2) is 17.3. The van der Waals surface area contributed by atoms with E-state index in [1.807, 2.05) is 6.08 Å². The second-order valence-corrected chi connectivity index (χ2v) is 17.9. The highest BCUT2D eigenvalue weighted by atomic mass is 15.2. The SMILES string of the molecule is C=C/C(=C(C)\C=C(/C)N(c1ccc(N(c2ccc(C)cc2)c2ccc(C)cc2)c(C)c1)c1ccc2c3cccc4cccc(c5cccc1c52)c43)N(c1ccc(C)cc1)c1ccc(C)cc1. The second-order valence-electron chi connectivity index (χ2n) is 17.9. The van der Waals surface area contributed by atoms with E-state index < -0.39 is 0 Å². The minimum absolute atomic E-state index is 1.02. The molecule has 66 heavy (non-hydrogen) atoms. The lowest BCUT2D eigenvalue weighted by molar-refractivity contribution is 1.13. The van der Waals surface area contributed by atoms with Crippen LogP contribution in [0, 0.1) is 34.6 Å². The molecule has 0 aliphatic carbocycles. The molecule has 0 atom stereocenters. The minimum atomic E-state index is 1.02. The summed E-state index contributed by atoms with van der Waals surface area (Å²) in [6.45, 7) is 19.7. The highest BCUT2D eigenvalue weighted by Crippen LogP contribution is 2.46. The smallest absolute Gasteiger partial charge is 0.0537 e. The van der Waals surface area contributed by atoms with E-state index in [1.54, 1.807) is 0 Å². The largest absolute Gasteiger partial charge is 0.314 e. The Morgan fingerprint density at radius 2 is 0.833 bits per heavy atom. The first-order valence-corrected chi connectivity index (χ1v) is 23.0. The van der Waals surface area contributed by atoms with Crippen molar-refractivity contribution in [2.45, 2.75) is 48.5 Å². The van der Waals surface area contributed by atoms with Gasteiger partial charge >= 0.3 is 0 Å². The van der Waals surface area contributed by atoms with Crippen LogP contribution in [0.2, 0.25) is 0 Å². The van der Waals surface area contributed by atoms with Gasteiger partial charge in [-0.15, -0.1) is 0 Å². The quantitative estimate of drug-likeness (QED) is 0.0729. The molecule has 0 aliphatic heterocycles. The molecule has 0 fully saturated rings. The lowest BCUT2D eigenvalue weighted by Crippen LogP contribution is -2.18. The molecule has 10 rings (SSSR count). The summed E-state index contributed by atoms with van der Waals surface area (Å²) >= 11 is 0. The third-order valence-electron chi connectivity index (χ3n) is 13.2. The molecule has 322 valence electrons. The summed E-state index contributed by atoms with van der Waals surface area (Å²) in [5.74, 6) is 0. The molecule has 0 saturated carbocycles. The Hall–Kier alpha value is -7.88. The summed E-state index contributed by atoms with van der Waals surface area (Å²) < 4.78 is 0. The molecule has 0 amide bonds. The number of allylic oxidation sites excluding steroid dienone is 4. The van der Waals surface area contributed by atoms with E-state index in [0.29, 0.717) is 0 Å². The fourth-order valence-electron chi connectivity index (χ4n) is 9.90. The molecular weight excluding hydrogens is 799 g/mol. The van der Waals surface area contributed by atoms with Gasteiger partial charge in [-0.2, -0.15) is 0 Å². The predicted octanol–water partition coefficient (Wildman–Crippen LogP) is 18.1. The number of nitrogens with zero attached hydrogens (tertiary/aromatic N) is 3. The molecule has 0 N–H and O–H groups in total. The maximum atomic E-state index is 4.42. The van der Waals surface area contributed by atoms with Crippen molar-refractivity contribution < 1.29 is 0 Å². The first-order chi connectivity index (χ1) is 32.1. The van der Waals surface area contributed by atoms with Crippen molar-refractivity contribution in [2.24, 2.45) is 0 Å². The monoisotopic (exact) mass is 853 g/mol. The van der Waals surface area contributed by atoms with Crippen LogP contribution in [0.25, 0.3) is 43.1 Å². The molecule has 10 aromatic rings. The maximum absolute atomic E-state index is 4.42. The molecule has 0 heterocycles. The fourth-order valence-corrected chi connectivity index (χ4v) is 9.90. The zero-order valence-electron chi connectivity index (χ0n) is 39.0. The molecular formula is C63H55N3. The van der Waals surface area contributed by atoms with Crippen molar-refractivity contribution in [3.05, 3.63) is 246 Å². The first kappa shape index (κ1) is 42.1. The highest BCUT2D eigenvalue weighted by molar-refractivity contribution is 6.34. The molecule has 3 nitrogen and oxygen atoms in total. The summed E-state index contributed by atoms with van der Waals surface area (Å²) in [5, 5.41) is 10.2. The summed E-state index contributed by atoms with van der Waals surface area (Å²) in [7, 11) is 0. The first-order valence-electron chi connectivity index (χ1n) is 23.0. The Morgan fingerprint density at radius 1 is 0.409 bits per heavy atom. The summed E-state index contributed by atoms with van der Waals surface area (Å²) in [4.78, 5) is 7.15. The summed E-state index contributed by atoms with van der Waals surface area (Å²) in [6.07, 6.45) is 4.32. The molecule has 10 aromatic carbocycles. The van der Waals surface area contributed by atoms with Gasteiger partial charge in [-0.3, -0.25) is 0 Å². The number of fused-ring (bicyclic) bond motifs is 2. The molecule has 0 bridgehead atoms. The zero-order chi connectivity index (χ0) is 45.6. The minimum Gasteiger partial charge on any atom is -0.314 e. The van der Waals surface area contributed by atoms with Crippen LogP contribution in [0.4, 0.5) is 39.8 Å². The van der Waals surface area contributed by atoms with Gasteiger partial charge in [0.25, 0.3) is 0 Å². The number of aryl methyl sites for hydroxylation is 5. The van der Waals surface area contributed by atoms with Gasteiger partial charge in [0.2, 0.25) is 0 Å². The van der Waals surface area contributed by atoms with Gasteiger partial charge in [-0.1, -0.05) is 138 Å². The molecule has 0 radical (unpaired) electrons. The van der Waals surface area contributed by atoms with Crippen LogP contribution in [-0.2, 0) is 0 Å². The Bertz CT molecular complexity index is 3340. The van der Waals surface area contributed by atoms with E-state index >= 15 is 0 Å². The van der Waals surface area contributed by atoms with Crippen LogP contribution in [0.1, 0.15) is 41.7 Å². The molecule has 0 unspecified atom stereocenters. The fraction of sp³-hybridized carbons (Fsp3) is 0.111. The topological polar surface area (TPSA) is 9.72 Å². The van der Waals surface area contributed by atoms with Gasteiger partial charge in [0.15, 0.2) is 0 Å². The van der Waals surface area contributed by atoms with Gasteiger partial charge in [0.1, 0.15) is 0 Å². The van der Waals surface area contributed by atoms with Crippen LogP contribution >= 0.6 is 0 Å². The number of rotatable bonds is 11. The molecule has 0 saturated heterocycles. The lowest BCUT2D eigenvalue weighted by Gasteiger charge is -2.32. The average Bonchev–Trinajstić information content (AvgIpc) is 3.33. The van der Waals surface area contributed by atoms with Crippen LogP contribution in [0.5, 0.6) is 0 Å². The third kappa shape index (κ3) is 7.57. The maximum Gasteiger partial charge on any atom is 0.0537 e. The van der Waals surface area contributed by atoms with E-state index in [9.17, 15) is 0 Å². The lowest BCUT2D eigenvalue weighted by atomic mass is 9.89. The van der Waals surface area contributed by atoms with Gasteiger partial charge in [-0.25, -0.2) is 0 Å².